The first-order valence-corrected chi connectivity index (χ1v) is 6.80. The van der Waals surface area contributed by atoms with Crippen LogP contribution >= 0.6 is 0 Å². The zero-order valence-corrected chi connectivity index (χ0v) is 10.8. The number of nitrogens with zero attached hydrogens (tertiary/aromatic N) is 3. The van der Waals surface area contributed by atoms with Crippen molar-refractivity contribution >= 4 is 0 Å². The lowest BCUT2D eigenvalue weighted by Crippen LogP contribution is -2.33. The van der Waals surface area contributed by atoms with E-state index in [4.69, 9.17) is 0 Å². The Morgan fingerprint density at radius 1 is 1.41 bits per heavy atom. The molecule has 1 saturated heterocycles. The van der Waals surface area contributed by atoms with Gasteiger partial charge in [0.05, 0.1) is 6.33 Å². The van der Waals surface area contributed by atoms with Crippen molar-refractivity contribution in [1.82, 2.24) is 19.8 Å². The molecule has 1 aliphatic rings. The highest BCUT2D eigenvalue weighted by Gasteiger charge is 2.20. The van der Waals surface area contributed by atoms with Gasteiger partial charge in [0.1, 0.15) is 0 Å². The average Bonchev–Trinajstić information content (AvgIpc) is 2.98. The van der Waals surface area contributed by atoms with Crippen molar-refractivity contribution in [3.8, 4) is 0 Å². The minimum Gasteiger partial charge on any atom is -0.337 e. The Bertz CT molecular complexity index is 296. The summed E-state index contributed by atoms with van der Waals surface area (Å²) in [6.07, 6.45) is 9.55. The summed E-state index contributed by atoms with van der Waals surface area (Å²) in [7, 11) is 0. The molecule has 1 aliphatic heterocycles. The van der Waals surface area contributed by atoms with Gasteiger partial charge >= 0.3 is 0 Å². The Labute approximate surface area is 104 Å². The van der Waals surface area contributed by atoms with E-state index in [0.717, 1.165) is 19.1 Å². The highest BCUT2D eigenvalue weighted by Crippen LogP contribution is 2.09. The van der Waals surface area contributed by atoms with Crippen LogP contribution in [0.25, 0.3) is 0 Å². The molecule has 1 atom stereocenters. The van der Waals surface area contributed by atoms with Gasteiger partial charge in [0.15, 0.2) is 0 Å². The molecule has 0 aliphatic carbocycles. The van der Waals surface area contributed by atoms with Crippen LogP contribution in [0.1, 0.15) is 26.2 Å². The fourth-order valence-electron chi connectivity index (χ4n) is 2.45. The number of nitrogens with one attached hydrogen (secondary N) is 1. The van der Waals surface area contributed by atoms with Crippen LogP contribution in [0.15, 0.2) is 18.7 Å². The van der Waals surface area contributed by atoms with E-state index in [-0.39, 0.29) is 0 Å². The zero-order valence-electron chi connectivity index (χ0n) is 10.8. The van der Waals surface area contributed by atoms with Crippen molar-refractivity contribution in [3.63, 3.8) is 0 Å². The molecule has 0 saturated carbocycles. The van der Waals surface area contributed by atoms with E-state index >= 15 is 0 Å². The third-order valence-corrected chi connectivity index (χ3v) is 3.41. The van der Waals surface area contributed by atoms with E-state index in [2.05, 4.69) is 26.7 Å². The smallest absolute Gasteiger partial charge is 0.0945 e. The van der Waals surface area contributed by atoms with Crippen molar-refractivity contribution in [1.29, 1.82) is 0 Å². The van der Waals surface area contributed by atoms with Crippen molar-refractivity contribution in [2.45, 2.75) is 38.8 Å². The summed E-state index contributed by atoms with van der Waals surface area (Å²) >= 11 is 0. The lowest BCUT2D eigenvalue weighted by Gasteiger charge is -2.16. The van der Waals surface area contributed by atoms with Gasteiger partial charge in [-0.3, -0.25) is 0 Å². The van der Waals surface area contributed by atoms with Crippen molar-refractivity contribution in [2.75, 3.05) is 26.2 Å². The highest BCUT2D eigenvalue weighted by atomic mass is 15.2. The Morgan fingerprint density at radius 3 is 3.12 bits per heavy atom. The SMILES string of the molecule is CCCNC1CCN(CCCn2ccnc2)C1. The van der Waals surface area contributed by atoms with Gasteiger partial charge in [-0.25, -0.2) is 4.98 Å². The highest BCUT2D eigenvalue weighted by molar-refractivity contribution is 4.81. The minimum absolute atomic E-state index is 0.725. The third kappa shape index (κ3) is 4.13. The molecule has 1 aromatic rings. The average molecular weight is 236 g/mol. The summed E-state index contributed by atoms with van der Waals surface area (Å²) < 4.78 is 2.16. The number of likely N-dealkylation sites (tertiary alicyclic amines) is 1. The molecule has 1 fully saturated rings. The predicted molar refractivity (Wildman–Crippen MR) is 70.0 cm³/mol. The van der Waals surface area contributed by atoms with E-state index in [1.807, 2.05) is 18.7 Å². The Kier molecular flexibility index (Phi) is 5.01. The summed E-state index contributed by atoms with van der Waals surface area (Å²) in [5.74, 6) is 0. The Balaban J connectivity index is 1.58. The fourth-order valence-corrected chi connectivity index (χ4v) is 2.45. The lowest BCUT2D eigenvalue weighted by molar-refractivity contribution is 0.315. The normalized spacial score (nSPS) is 21.1. The second kappa shape index (κ2) is 6.77. The van der Waals surface area contributed by atoms with Crippen molar-refractivity contribution in [3.05, 3.63) is 18.7 Å². The molecule has 1 unspecified atom stereocenters. The molecule has 1 aromatic heterocycles. The van der Waals surface area contributed by atoms with Crippen LogP contribution in [0, 0.1) is 0 Å². The first-order chi connectivity index (χ1) is 8.38. The van der Waals surface area contributed by atoms with E-state index in [9.17, 15) is 0 Å². The second-order valence-electron chi connectivity index (χ2n) is 4.89. The first kappa shape index (κ1) is 12.6. The summed E-state index contributed by atoms with van der Waals surface area (Å²) in [6, 6.07) is 0.725. The maximum Gasteiger partial charge on any atom is 0.0945 e. The topological polar surface area (TPSA) is 33.1 Å². The monoisotopic (exact) mass is 236 g/mol. The summed E-state index contributed by atoms with van der Waals surface area (Å²) in [5.41, 5.74) is 0. The fraction of sp³-hybridized carbons (Fsp3) is 0.769. The standard InChI is InChI=1S/C13H24N4/c1-2-5-15-13-4-9-16(11-13)7-3-8-17-10-6-14-12-17/h6,10,12-13,15H,2-5,7-9,11H2,1H3. The minimum atomic E-state index is 0.725. The van der Waals surface area contributed by atoms with Crippen LogP contribution in [0.4, 0.5) is 0 Å². The maximum atomic E-state index is 4.06. The van der Waals surface area contributed by atoms with Crippen LogP contribution < -0.4 is 5.32 Å². The summed E-state index contributed by atoms with van der Waals surface area (Å²) in [4.78, 5) is 6.63. The van der Waals surface area contributed by atoms with Crippen molar-refractivity contribution in [2.24, 2.45) is 0 Å². The van der Waals surface area contributed by atoms with Crippen LogP contribution in [0.2, 0.25) is 0 Å². The first-order valence-electron chi connectivity index (χ1n) is 6.80. The summed E-state index contributed by atoms with van der Waals surface area (Å²) in [6.45, 7) is 8.17. The number of rotatable bonds is 7. The van der Waals surface area contributed by atoms with Crippen LogP contribution in [-0.4, -0.2) is 46.7 Å². The van der Waals surface area contributed by atoms with E-state index < -0.39 is 0 Å². The molecular formula is C13H24N4. The van der Waals surface area contributed by atoms with Crippen molar-refractivity contribution < 1.29 is 0 Å². The molecule has 2 rings (SSSR count). The van der Waals surface area contributed by atoms with Gasteiger partial charge in [-0.15, -0.1) is 0 Å². The van der Waals surface area contributed by atoms with Crippen LogP contribution in [0.5, 0.6) is 0 Å². The molecule has 0 amide bonds. The molecule has 0 radical (unpaired) electrons. The number of imidazole rings is 1. The summed E-state index contributed by atoms with van der Waals surface area (Å²) in [5, 5.41) is 3.61. The van der Waals surface area contributed by atoms with E-state index in [0.29, 0.717) is 0 Å². The van der Waals surface area contributed by atoms with Gasteiger partial charge < -0.3 is 14.8 Å². The maximum absolute atomic E-state index is 4.06. The molecule has 4 heteroatoms. The van der Waals surface area contributed by atoms with Gasteiger partial charge in [0, 0.05) is 31.5 Å². The van der Waals surface area contributed by atoms with Crippen LogP contribution in [-0.2, 0) is 6.54 Å². The molecule has 0 bridgehead atoms. The second-order valence-corrected chi connectivity index (χ2v) is 4.89. The molecule has 0 spiro atoms. The van der Waals surface area contributed by atoms with Gasteiger partial charge in [0.2, 0.25) is 0 Å². The molecule has 0 aromatic carbocycles. The van der Waals surface area contributed by atoms with Gasteiger partial charge in [-0.05, 0) is 38.9 Å². The molecule has 4 nitrogen and oxygen atoms in total. The van der Waals surface area contributed by atoms with E-state index in [1.54, 1.807) is 0 Å². The number of hydrogen-bond acceptors (Lipinski definition) is 3. The number of aryl methyl sites for hydroxylation is 1. The molecular weight excluding hydrogens is 212 g/mol. The Morgan fingerprint density at radius 2 is 2.35 bits per heavy atom. The molecule has 1 N–H and O–H groups in total. The third-order valence-electron chi connectivity index (χ3n) is 3.41. The van der Waals surface area contributed by atoms with Gasteiger partial charge in [0.25, 0.3) is 0 Å². The van der Waals surface area contributed by atoms with Crippen LogP contribution in [0.3, 0.4) is 0 Å². The van der Waals surface area contributed by atoms with Gasteiger partial charge in [-0.1, -0.05) is 6.92 Å². The molecule has 2 heterocycles. The largest absolute Gasteiger partial charge is 0.337 e. The molecule has 96 valence electrons. The number of aromatic nitrogens is 2. The predicted octanol–water partition coefficient (Wildman–Crippen LogP) is 1.35. The quantitative estimate of drug-likeness (QED) is 0.776. The lowest BCUT2D eigenvalue weighted by atomic mass is 10.2. The van der Waals surface area contributed by atoms with Gasteiger partial charge in [-0.2, -0.15) is 0 Å². The molecule has 17 heavy (non-hydrogen) atoms. The number of hydrogen-bond donors (Lipinski definition) is 1. The Hall–Kier alpha value is -0.870. The van der Waals surface area contributed by atoms with E-state index in [1.165, 1.54) is 38.9 Å². The zero-order chi connectivity index (χ0) is 11.9.